The molecule has 0 aromatic heterocycles. The van der Waals surface area contributed by atoms with Gasteiger partial charge in [0, 0.05) is 22.4 Å². The number of rotatable bonds is 3. The van der Waals surface area contributed by atoms with E-state index in [0.29, 0.717) is 0 Å². The number of para-hydroxylation sites is 2. The number of aliphatic imine (C=N–C) groups is 1. The number of hydrogen-bond acceptors (Lipinski definition) is 3. The van der Waals surface area contributed by atoms with Crippen LogP contribution in [0.15, 0.2) is 175 Å². The van der Waals surface area contributed by atoms with Crippen LogP contribution in [0.2, 0.25) is 0 Å². The van der Waals surface area contributed by atoms with E-state index < -0.39 is 5.41 Å². The predicted molar refractivity (Wildman–Crippen MR) is 195 cm³/mol. The smallest absolute Gasteiger partial charge is 0.145 e. The molecule has 1 N–H and O–H groups in total. The molecule has 10 rings (SSSR count). The third kappa shape index (κ3) is 3.91. The van der Waals surface area contributed by atoms with Crippen LogP contribution in [0.1, 0.15) is 45.1 Å². The van der Waals surface area contributed by atoms with Gasteiger partial charge in [0.15, 0.2) is 0 Å². The summed E-state index contributed by atoms with van der Waals surface area (Å²) in [4.78, 5) is 5.31. The summed E-state index contributed by atoms with van der Waals surface area (Å²) in [6.45, 7) is 0. The molecule has 1 spiro atoms. The Labute approximate surface area is 279 Å². The molecule has 2 aliphatic heterocycles. The van der Waals surface area contributed by atoms with E-state index in [1.807, 2.05) is 0 Å². The van der Waals surface area contributed by atoms with Gasteiger partial charge in [-0.1, -0.05) is 133 Å². The van der Waals surface area contributed by atoms with E-state index in [-0.39, 0.29) is 6.17 Å². The maximum absolute atomic E-state index is 6.57. The van der Waals surface area contributed by atoms with Crippen LogP contribution in [0.4, 0.5) is 0 Å². The van der Waals surface area contributed by atoms with Crippen LogP contribution in [0, 0.1) is 0 Å². The number of allylic oxidation sites excluding steroid dienone is 1. The molecule has 1 unspecified atom stereocenters. The minimum Gasteiger partial charge on any atom is -0.457 e. The molecule has 1 atom stereocenters. The van der Waals surface area contributed by atoms with Gasteiger partial charge in [-0.25, -0.2) is 0 Å². The highest BCUT2D eigenvalue weighted by Gasteiger charge is 2.51. The molecule has 3 heteroatoms. The summed E-state index contributed by atoms with van der Waals surface area (Å²) in [5, 5.41) is 6.16. The fourth-order valence-corrected chi connectivity index (χ4v) is 8.02. The van der Waals surface area contributed by atoms with Gasteiger partial charge in [0.25, 0.3) is 0 Å². The average Bonchev–Trinajstić information content (AvgIpc) is 3.43. The lowest BCUT2D eigenvalue weighted by molar-refractivity contribution is 0.436. The summed E-state index contributed by atoms with van der Waals surface area (Å²) in [6.07, 6.45) is 1.99. The fourth-order valence-electron chi connectivity index (χ4n) is 8.02. The van der Waals surface area contributed by atoms with Crippen LogP contribution in [-0.2, 0) is 5.41 Å². The molecule has 48 heavy (non-hydrogen) atoms. The quantitative estimate of drug-likeness (QED) is 0.215. The first-order chi connectivity index (χ1) is 23.8. The fraction of sp³-hybridized carbons (Fsp3) is 0.0444. The zero-order valence-electron chi connectivity index (χ0n) is 26.1. The van der Waals surface area contributed by atoms with Crippen LogP contribution < -0.4 is 10.1 Å². The van der Waals surface area contributed by atoms with Gasteiger partial charge in [-0.05, 0) is 80.6 Å². The highest BCUT2D eigenvalue weighted by molar-refractivity contribution is 6.14. The lowest BCUT2D eigenvalue weighted by atomic mass is 9.66. The van der Waals surface area contributed by atoms with Crippen molar-refractivity contribution in [2.75, 3.05) is 0 Å². The second-order valence-electron chi connectivity index (χ2n) is 12.7. The summed E-state index contributed by atoms with van der Waals surface area (Å²) in [7, 11) is 0. The van der Waals surface area contributed by atoms with Crippen molar-refractivity contribution in [3.63, 3.8) is 0 Å². The Morgan fingerprint density at radius 2 is 1.10 bits per heavy atom. The number of nitrogens with zero attached hydrogens (tertiary/aromatic N) is 1. The van der Waals surface area contributed by atoms with Gasteiger partial charge >= 0.3 is 0 Å². The van der Waals surface area contributed by atoms with Crippen LogP contribution in [-0.4, -0.2) is 5.71 Å². The second-order valence-corrected chi connectivity index (χ2v) is 12.7. The van der Waals surface area contributed by atoms with E-state index in [4.69, 9.17) is 9.73 Å². The second kappa shape index (κ2) is 10.4. The van der Waals surface area contributed by atoms with Crippen molar-refractivity contribution in [1.29, 1.82) is 0 Å². The van der Waals surface area contributed by atoms with Crippen molar-refractivity contribution < 1.29 is 4.74 Å². The molecule has 1 aliphatic carbocycles. The monoisotopic (exact) mass is 614 g/mol. The van der Waals surface area contributed by atoms with E-state index in [9.17, 15) is 0 Å². The lowest BCUT2D eigenvalue weighted by Crippen LogP contribution is -2.32. The summed E-state index contributed by atoms with van der Waals surface area (Å²) in [5.41, 5.74) is 12.2. The molecule has 0 saturated heterocycles. The van der Waals surface area contributed by atoms with E-state index >= 15 is 0 Å². The molecule has 0 bridgehead atoms. The number of ether oxygens (including phenoxy) is 1. The summed E-state index contributed by atoms with van der Waals surface area (Å²) in [5.74, 6) is 1.80. The van der Waals surface area contributed by atoms with Crippen molar-refractivity contribution >= 4 is 22.2 Å². The SMILES string of the molecule is C1=C(c2ccccc2)NC(c2ccccc2)N=C1c1ccc2c(c1)-c1cc3ccccc3cc1C21c2ccccc2Oc2ccccc21. The van der Waals surface area contributed by atoms with Gasteiger partial charge in [-0.15, -0.1) is 0 Å². The molecule has 0 amide bonds. The van der Waals surface area contributed by atoms with Crippen molar-refractivity contribution in [3.8, 4) is 22.6 Å². The van der Waals surface area contributed by atoms with E-state index in [1.54, 1.807) is 0 Å². The Kier molecular flexibility index (Phi) is 5.85. The van der Waals surface area contributed by atoms with Gasteiger partial charge in [0.05, 0.1) is 11.1 Å². The molecule has 7 aromatic rings. The summed E-state index contributed by atoms with van der Waals surface area (Å²) < 4.78 is 6.57. The normalized spacial score (nSPS) is 16.5. The molecule has 2 heterocycles. The van der Waals surface area contributed by atoms with E-state index in [0.717, 1.165) is 39.6 Å². The predicted octanol–water partition coefficient (Wildman–Crippen LogP) is 10.4. The molecule has 0 saturated carbocycles. The number of hydrogen-bond donors (Lipinski definition) is 1. The van der Waals surface area contributed by atoms with Gasteiger partial charge in [-0.2, -0.15) is 0 Å². The van der Waals surface area contributed by atoms with Crippen LogP contribution in [0.25, 0.3) is 27.6 Å². The Balaban J connectivity index is 1.24. The van der Waals surface area contributed by atoms with E-state index in [1.165, 1.54) is 44.2 Å². The molecule has 7 aromatic carbocycles. The number of nitrogens with one attached hydrogen (secondary N) is 1. The minimum absolute atomic E-state index is 0.202. The molecule has 226 valence electrons. The topological polar surface area (TPSA) is 33.6 Å². The van der Waals surface area contributed by atoms with E-state index in [2.05, 4.69) is 175 Å². The summed E-state index contributed by atoms with van der Waals surface area (Å²) in [6, 6.07) is 58.5. The molecule has 0 radical (unpaired) electrons. The van der Waals surface area contributed by atoms with Gasteiger partial charge in [-0.3, -0.25) is 4.99 Å². The molecule has 0 fully saturated rings. The Morgan fingerprint density at radius 1 is 0.500 bits per heavy atom. The largest absolute Gasteiger partial charge is 0.457 e. The van der Waals surface area contributed by atoms with Gasteiger partial charge < -0.3 is 10.1 Å². The first-order valence-corrected chi connectivity index (χ1v) is 16.5. The first kappa shape index (κ1) is 27.0. The standard InChI is InChI=1S/C45H30N2O/c1-3-13-29(14-4-1)40-28-41(47-44(46-40)30-15-5-2-6-16-30)33-23-24-36-34(26-33)35-25-31-17-7-8-18-32(31)27-39(35)45(36)37-19-9-11-21-42(37)48-43-22-12-10-20-38(43)45/h1-28,44,46H. The van der Waals surface area contributed by atoms with Crippen molar-refractivity contribution in [2.24, 2.45) is 4.99 Å². The van der Waals surface area contributed by atoms with Crippen LogP contribution in [0.5, 0.6) is 11.5 Å². The summed E-state index contributed by atoms with van der Waals surface area (Å²) >= 11 is 0. The Bertz CT molecular complexity index is 2410. The third-order valence-corrected chi connectivity index (χ3v) is 10.1. The zero-order valence-corrected chi connectivity index (χ0v) is 26.1. The zero-order chi connectivity index (χ0) is 31.7. The number of fused-ring (bicyclic) bond motifs is 10. The third-order valence-electron chi connectivity index (χ3n) is 10.1. The lowest BCUT2D eigenvalue weighted by Gasteiger charge is -2.39. The van der Waals surface area contributed by atoms with Crippen LogP contribution >= 0.6 is 0 Å². The minimum atomic E-state index is -0.522. The van der Waals surface area contributed by atoms with Crippen molar-refractivity contribution in [2.45, 2.75) is 11.6 Å². The average molecular weight is 615 g/mol. The molecular formula is C45H30N2O. The highest BCUT2D eigenvalue weighted by Crippen LogP contribution is 2.62. The highest BCUT2D eigenvalue weighted by atomic mass is 16.5. The maximum atomic E-state index is 6.57. The Hall–Kier alpha value is -6.19. The first-order valence-electron chi connectivity index (χ1n) is 16.5. The van der Waals surface area contributed by atoms with Crippen molar-refractivity contribution in [1.82, 2.24) is 5.32 Å². The molecule has 3 aliphatic rings. The maximum Gasteiger partial charge on any atom is 0.145 e. The molecule has 3 nitrogen and oxygen atoms in total. The molecular weight excluding hydrogens is 585 g/mol. The van der Waals surface area contributed by atoms with Crippen molar-refractivity contribution in [3.05, 3.63) is 209 Å². The van der Waals surface area contributed by atoms with Crippen LogP contribution in [0.3, 0.4) is 0 Å². The number of benzene rings is 7. The van der Waals surface area contributed by atoms with Gasteiger partial charge in [0.2, 0.25) is 0 Å². The Morgan fingerprint density at radius 3 is 1.83 bits per heavy atom. The van der Waals surface area contributed by atoms with Gasteiger partial charge in [0.1, 0.15) is 17.7 Å².